The van der Waals surface area contributed by atoms with E-state index in [4.69, 9.17) is 15.0 Å². The molecule has 5 heteroatoms. The van der Waals surface area contributed by atoms with Crippen LogP contribution >= 0.6 is 0 Å². The summed E-state index contributed by atoms with van der Waals surface area (Å²) in [6, 6.07) is 5.15. The first-order chi connectivity index (χ1) is 6.74. The van der Waals surface area contributed by atoms with E-state index in [2.05, 4.69) is 5.16 Å². The molecule has 0 saturated carbocycles. The van der Waals surface area contributed by atoms with Crippen molar-refractivity contribution in [1.29, 1.82) is 0 Å². The fourth-order valence-electron chi connectivity index (χ4n) is 1.30. The third kappa shape index (κ3) is 1.10. The summed E-state index contributed by atoms with van der Waals surface area (Å²) in [5, 5.41) is 4.09. The van der Waals surface area contributed by atoms with Crippen molar-refractivity contribution in [2.24, 2.45) is 5.73 Å². The molecule has 1 amide bonds. The van der Waals surface area contributed by atoms with Crippen molar-refractivity contribution in [3.8, 4) is 5.75 Å². The van der Waals surface area contributed by atoms with Gasteiger partial charge in [-0.2, -0.15) is 0 Å². The molecule has 0 fully saturated rings. The standard InChI is InChI=1S/C9H8N2O3/c1-13-5-3-2-4-6-7(5)8(9(10)12)11-14-6/h2-4H,1H3,(H2,10,12). The smallest absolute Gasteiger partial charge is 0.271 e. The molecule has 2 N–H and O–H groups in total. The number of methoxy groups -OCH3 is 1. The van der Waals surface area contributed by atoms with Gasteiger partial charge in [-0.25, -0.2) is 0 Å². The van der Waals surface area contributed by atoms with E-state index in [0.717, 1.165) is 0 Å². The predicted octanol–water partition coefficient (Wildman–Crippen LogP) is 0.935. The Morgan fingerprint density at radius 2 is 2.36 bits per heavy atom. The molecule has 72 valence electrons. The Labute approximate surface area is 79.4 Å². The predicted molar refractivity (Wildman–Crippen MR) is 49.1 cm³/mol. The second-order valence-corrected chi connectivity index (χ2v) is 2.73. The molecule has 0 radical (unpaired) electrons. The summed E-state index contributed by atoms with van der Waals surface area (Å²) >= 11 is 0. The number of nitrogens with two attached hydrogens (primary N) is 1. The second-order valence-electron chi connectivity index (χ2n) is 2.73. The van der Waals surface area contributed by atoms with E-state index < -0.39 is 5.91 Å². The summed E-state index contributed by atoms with van der Waals surface area (Å²) in [5.74, 6) is -0.106. The van der Waals surface area contributed by atoms with Gasteiger partial charge in [-0.15, -0.1) is 0 Å². The number of carbonyl (C=O) groups excluding carboxylic acids is 1. The Hall–Kier alpha value is -2.04. The average Bonchev–Trinajstić information content (AvgIpc) is 2.60. The normalized spacial score (nSPS) is 10.4. The van der Waals surface area contributed by atoms with E-state index in [-0.39, 0.29) is 5.69 Å². The SMILES string of the molecule is COc1cccc2onc(C(N)=O)c12. The van der Waals surface area contributed by atoms with Crippen LogP contribution in [0.15, 0.2) is 22.7 Å². The molecule has 2 rings (SSSR count). The first-order valence-corrected chi connectivity index (χ1v) is 3.96. The van der Waals surface area contributed by atoms with Crippen LogP contribution in [0.2, 0.25) is 0 Å². The van der Waals surface area contributed by atoms with Crippen molar-refractivity contribution >= 4 is 16.9 Å². The van der Waals surface area contributed by atoms with Gasteiger partial charge in [0.15, 0.2) is 11.3 Å². The van der Waals surface area contributed by atoms with E-state index in [1.54, 1.807) is 18.2 Å². The van der Waals surface area contributed by atoms with Gasteiger partial charge in [0.05, 0.1) is 12.5 Å². The van der Waals surface area contributed by atoms with Gasteiger partial charge < -0.3 is 15.0 Å². The number of hydrogen-bond acceptors (Lipinski definition) is 4. The monoisotopic (exact) mass is 192 g/mol. The largest absolute Gasteiger partial charge is 0.496 e. The first kappa shape index (κ1) is 8.55. The highest BCUT2D eigenvalue weighted by Crippen LogP contribution is 2.28. The number of benzene rings is 1. The number of hydrogen-bond donors (Lipinski definition) is 1. The van der Waals surface area contributed by atoms with Crippen molar-refractivity contribution in [3.05, 3.63) is 23.9 Å². The van der Waals surface area contributed by atoms with Gasteiger partial charge in [0.25, 0.3) is 5.91 Å². The average molecular weight is 192 g/mol. The van der Waals surface area contributed by atoms with Crippen LogP contribution in [-0.2, 0) is 0 Å². The summed E-state index contributed by atoms with van der Waals surface area (Å²) in [7, 11) is 1.51. The number of carbonyl (C=O) groups is 1. The number of aromatic nitrogens is 1. The number of fused-ring (bicyclic) bond motifs is 1. The van der Waals surface area contributed by atoms with Crippen molar-refractivity contribution in [2.75, 3.05) is 7.11 Å². The Morgan fingerprint density at radius 3 is 3.00 bits per heavy atom. The fourth-order valence-corrected chi connectivity index (χ4v) is 1.30. The molecule has 2 aromatic rings. The van der Waals surface area contributed by atoms with E-state index in [1.165, 1.54) is 7.11 Å². The van der Waals surface area contributed by atoms with Crippen molar-refractivity contribution in [2.45, 2.75) is 0 Å². The summed E-state index contributed by atoms with van der Waals surface area (Å²) in [4.78, 5) is 11.0. The molecule has 0 bridgehead atoms. The van der Waals surface area contributed by atoms with Gasteiger partial charge >= 0.3 is 0 Å². The van der Waals surface area contributed by atoms with Crippen LogP contribution in [0.3, 0.4) is 0 Å². The summed E-state index contributed by atoms with van der Waals surface area (Å²) in [6.45, 7) is 0. The minimum absolute atomic E-state index is 0.0949. The van der Waals surface area contributed by atoms with Gasteiger partial charge in [0, 0.05) is 0 Å². The highest BCUT2D eigenvalue weighted by atomic mass is 16.5. The molecule has 14 heavy (non-hydrogen) atoms. The topological polar surface area (TPSA) is 78.3 Å². The summed E-state index contributed by atoms with van der Waals surface area (Å²) in [5.41, 5.74) is 5.71. The minimum atomic E-state index is -0.631. The van der Waals surface area contributed by atoms with Gasteiger partial charge in [-0.05, 0) is 12.1 Å². The van der Waals surface area contributed by atoms with E-state index in [1.807, 2.05) is 0 Å². The van der Waals surface area contributed by atoms with E-state index in [9.17, 15) is 4.79 Å². The van der Waals surface area contributed by atoms with Gasteiger partial charge in [0.1, 0.15) is 5.75 Å². The Bertz CT molecular complexity index is 490. The Morgan fingerprint density at radius 1 is 1.57 bits per heavy atom. The number of primary amides is 1. The molecule has 0 saturated heterocycles. The first-order valence-electron chi connectivity index (χ1n) is 3.96. The number of nitrogens with zero attached hydrogens (tertiary/aromatic N) is 1. The lowest BCUT2D eigenvalue weighted by Crippen LogP contribution is -2.11. The lowest BCUT2D eigenvalue weighted by Gasteiger charge is -1.99. The number of amides is 1. The maximum atomic E-state index is 11.0. The summed E-state index contributed by atoms with van der Waals surface area (Å²) in [6.07, 6.45) is 0. The van der Waals surface area contributed by atoms with Crippen LogP contribution in [0.4, 0.5) is 0 Å². The molecular weight excluding hydrogens is 184 g/mol. The highest BCUT2D eigenvalue weighted by Gasteiger charge is 2.16. The zero-order chi connectivity index (χ0) is 10.1. The molecule has 1 aromatic carbocycles. The minimum Gasteiger partial charge on any atom is -0.496 e. The van der Waals surface area contributed by atoms with Crippen LogP contribution < -0.4 is 10.5 Å². The maximum absolute atomic E-state index is 11.0. The van der Waals surface area contributed by atoms with Crippen LogP contribution in [0, 0.1) is 0 Å². The number of rotatable bonds is 2. The van der Waals surface area contributed by atoms with Crippen LogP contribution in [0.25, 0.3) is 11.0 Å². The highest BCUT2D eigenvalue weighted by molar-refractivity contribution is 6.05. The van der Waals surface area contributed by atoms with Gasteiger partial charge in [-0.3, -0.25) is 4.79 Å². The Kier molecular flexibility index (Phi) is 1.85. The van der Waals surface area contributed by atoms with Crippen molar-refractivity contribution in [1.82, 2.24) is 5.16 Å². The fraction of sp³-hybridized carbons (Fsp3) is 0.111. The molecule has 0 unspecified atom stereocenters. The lowest BCUT2D eigenvalue weighted by atomic mass is 10.2. The molecule has 0 aliphatic carbocycles. The molecule has 1 aromatic heterocycles. The van der Waals surface area contributed by atoms with Gasteiger partial charge in [-0.1, -0.05) is 11.2 Å². The van der Waals surface area contributed by atoms with Crippen molar-refractivity contribution < 1.29 is 14.1 Å². The van der Waals surface area contributed by atoms with Crippen LogP contribution in [0.1, 0.15) is 10.5 Å². The van der Waals surface area contributed by atoms with Crippen LogP contribution in [-0.4, -0.2) is 18.2 Å². The third-order valence-electron chi connectivity index (χ3n) is 1.91. The molecule has 0 atom stereocenters. The zero-order valence-corrected chi connectivity index (χ0v) is 7.48. The van der Waals surface area contributed by atoms with E-state index in [0.29, 0.717) is 16.7 Å². The molecule has 0 aliphatic heterocycles. The molecule has 0 spiro atoms. The molecule has 5 nitrogen and oxygen atoms in total. The zero-order valence-electron chi connectivity index (χ0n) is 7.48. The molecular formula is C9H8N2O3. The molecule has 1 heterocycles. The molecule has 0 aliphatic rings. The summed E-state index contributed by atoms with van der Waals surface area (Å²) < 4.78 is 9.99. The Balaban J connectivity index is 2.81. The van der Waals surface area contributed by atoms with Crippen molar-refractivity contribution in [3.63, 3.8) is 0 Å². The maximum Gasteiger partial charge on any atom is 0.271 e. The number of ether oxygens (including phenoxy) is 1. The lowest BCUT2D eigenvalue weighted by molar-refractivity contribution is 0.0993. The second kappa shape index (κ2) is 3.02. The quantitative estimate of drug-likeness (QED) is 0.767. The van der Waals surface area contributed by atoms with Crippen LogP contribution in [0.5, 0.6) is 5.75 Å². The third-order valence-corrected chi connectivity index (χ3v) is 1.91. The van der Waals surface area contributed by atoms with E-state index >= 15 is 0 Å². The van der Waals surface area contributed by atoms with Gasteiger partial charge in [0.2, 0.25) is 0 Å².